The van der Waals surface area contributed by atoms with Crippen molar-refractivity contribution in [2.75, 3.05) is 0 Å². The number of fused-ring (bicyclic) bond motifs is 6. The molecule has 0 atom stereocenters. The van der Waals surface area contributed by atoms with E-state index in [0.717, 1.165) is 11.3 Å². The van der Waals surface area contributed by atoms with Gasteiger partial charge in [-0.25, -0.2) is 0 Å². The molecule has 0 unspecified atom stereocenters. The Morgan fingerprint density at radius 1 is 0.656 bits per heavy atom. The fraction of sp³-hybridized carbons (Fsp3) is 0.536. The van der Waals surface area contributed by atoms with Crippen molar-refractivity contribution in [3.63, 3.8) is 0 Å². The Labute approximate surface area is 204 Å². The number of thiophene rings is 3. The predicted molar refractivity (Wildman–Crippen MR) is 147 cm³/mol. The van der Waals surface area contributed by atoms with E-state index in [0.29, 0.717) is 12.2 Å². The minimum atomic E-state index is 0.337. The Morgan fingerprint density at radius 2 is 1.19 bits per heavy atom. The lowest BCUT2D eigenvalue weighted by molar-refractivity contribution is 0.0983. The zero-order valence-electron chi connectivity index (χ0n) is 19.4. The summed E-state index contributed by atoms with van der Waals surface area (Å²) in [5.74, 6) is 0.337. The summed E-state index contributed by atoms with van der Waals surface area (Å²) in [6.07, 6.45) is 18.2. The predicted octanol–water partition coefficient (Wildman–Crippen LogP) is 11.0. The second kappa shape index (κ2) is 12.3. The van der Waals surface area contributed by atoms with Gasteiger partial charge in [0, 0.05) is 27.3 Å². The lowest BCUT2D eigenvalue weighted by Crippen LogP contribution is -1.95. The number of Topliss-reactive ketones (excluding diaryl/α,β-unsaturated/α-hetero) is 1. The lowest BCUT2D eigenvalue weighted by Gasteiger charge is -2.03. The van der Waals surface area contributed by atoms with Crippen LogP contribution in [-0.2, 0) is 0 Å². The molecule has 0 aliphatic rings. The average Bonchev–Trinajstić information content (AvgIpc) is 3.54. The van der Waals surface area contributed by atoms with Crippen LogP contribution in [0.1, 0.15) is 106 Å². The first-order chi connectivity index (χ1) is 15.8. The molecule has 4 aromatic rings. The summed E-state index contributed by atoms with van der Waals surface area (Å²) in [7, 11) is 0. The molecule has 0 spiro atoms. The minimum absolute atomic E-state index is 0.337. The molecule has 32 heavy (non-hydrogen) atoms. The number of hydrogen-bond donors (Lipinski definition) is 0. The number of ketones is 1. The van der Waals surface area contributed by atoms with Crippen molar-refractivity contribution in [2.24, 2.45) is 0 Å². The van der Waals surface area contributed by atoms with Gasteiger partial charge in [0.05, 0.1) is 14.3 Å². The highest BCUT2D eigenvalue weighted by atomic mass is 32.1. The van der Waals surface area contributed by atoms with E-state index in [2.05, 4.69) is 35.9 Å². The standard InChI is InChI=1S/C28H36OS3/c1-2-3-4-5-6-7-8-9-10-11-12-13-14-15-24(29)25-20-23-26-21(16-18-30-26)22-17-19-31-27(22)28(23)32-25/h16-20H,2-15H2,1H3. The molecule has 3 aromatic heterocycles. The smallest absolute Gasteiger partial charge is 0.172 e. The zero-order valence-corrected chi connectivity index (χ0v) is 21.9. The van der Waals surface area contributed by atoms with Gasteiger partial charge in [0.1, 0.15) is 0 Å². The SMILES string of the molecule is CCCCCCCCCCCCCCCC(=O)c1cc2c3sccc3c3ccsc3c2s1. The first-order valence-corrected chi connectivity index (χ1v) is 15.2. The summed E-state index contributed by atoms with van der Waals surface area (Å²) < 4.78 is 3.98. The molecule has 0 saturated heterocycles. The van der Waals surface area contributed by atoms with Gasteiger partial charge < -0.3 is 0 Å². The number of carbonyl (C=O) groups excluding carboxylic acids is 1. The number of benzene rings is 1. The van der Waals surface area contributed by atoms with Crippen LogP contribution in [0.15, 0.2) is 29.0 Å². The Morgan fingerprint density at radius 3 is 1.81 bits per heavy atom. The third-order valence-corrected chi connectivity index (χ3v) is 9.79. The summed E-state index contributed by atoms with van der Waals surface area (Å²) in [5.41, 5.74) is 0. The second-order valence-electron chi connectivity index (χ2n) is 9.10. The van der Waals surface area contributed by atoms with Gasteiger partial charge >= 0.3 is 0 Å². The molecule has 0 amide bonds. The van der Waals surface area contributed by atoms with Crippen molar-refractivity contribution in [3.8, 4) is 0 Å². The molecule has 0 fully saturated rings. The fourth-order valence-corrected chi connectivity index (χ4v) is 7.93. The van der Waals surface area contributed by atoms with Crippen LogP contribution in [0, 0.1) is 0 Å². The normalized spacial score (nSPS) is 11.9. The maximum absolute atomic E-state index is 12.9. The maximum Gasteiger partial charge on any atom is 0.172 e. The van der Waals surface area contributed by atoms with Crippen LogP contribution in [0.3, 0.4) is 0 Å². The van der Waals surface area contributed by atoms with E-state index >= 15 is 0 Å². The maximum atomic E-state index is 12.9. The van der Waals surface area contributed by atoms with Gasteiger partial charge in [0.25, 0.3) is 0 Å². The highest BCUT2D eigenvalue weighted by Gasteiger charge is 2.16. The molecule has 0 N–H and O–H groups in total. The summed E-state index contributed by atoms with van der Waals surface area (Å²) in [6.45, 7) is 2.28. The molecule has 4 rings (SSSR count). The summed E-state index contributed by atoms with van der Waals surface area (Å²) in [6, 6.07) is 6.62. The number of rotatable bonds is 15. The summed E-state index contributed by atoms with van der Waals surface area (Å²) in [5, 5.41) is 8.32. The molecule has 0 radical (unpaired) electrons. The molecule has 172 valence electrons. The van der Waals surface area contributed by atoms with E-state index in [1.165, 1.54) is 107 Å². The molecule has 1 aromatic carbocycles. The monoisotopic (exact) mass is 484 g/mol. The van der Waals surface area contributed by atoms with Gasteiger partial charge in [-0.15, -0.1) is 34.0 Å². The molecule has 0 aliphatic carbocycles. The molecule has 0 bridgehead atoms. The van der Waals surface area contributed by atoms with Gasteiger partial charge in [-0.1, -0.05) is 84.0 Å². The van der Waals surface area contributed by atoms with Crippen molar-refractivity contribution < 1.29 is 4.79 Å². The zero-order chi connectivity index (χ0) is 22.2. The third-order valence-electron chi connectivity index (χ3n) is 6.59. The third kappa shape index (κ3) is 5.81. The van der Waals surface area contributed by atoms with Crippen LogP contribution in [0.5, 0.6) is 0 Å². The van der Waals surface area contributed by atoms with Crippen LogP contribution < -0.4 is 0 Å². The van der Waals surface area contributed by atoms with Crippen molar-refractivity contribution in [3.05, 3.63) is 33.8 Å². The largest absolute Gasteiger partial charge is 0.293 e. The van der Waals surface area contributed by atoms with Crippen LogP contribution in [0.4, 0.5) is 0 Å². The van der Waals surface area contributed by atoms with Gasteiger partial charge in [-0.3, -0.25) is 4.79 Å². The van der Waals surface area contributed by atoms with E-state index < -0.39 is 0 Å². The quantitative estimate of drug-likeness (QED) is 0.121. The first kappa shape index (κ1) is 23.9. The van der Waals surface area contributed by atoms with E-state index in [1.54, 1.807) is 34.0 Å². The molecular weight excluding hydrogens is 449 g/mol. The Balaban J connectivity index is 1.17. The first-order valence-electron chi connectivity index (χ1n) is 12.6. The van der Waals surface area contributed by atoms with Crippen LogP contribution in [-0.4, -0.2) is 5.78 Å². The highest BCUT2D eigenvalue weighted by Crippen LogP contribution is 2.44. The topological polar surface area (TPSA) is 17.1 Å². The molecule has 3 heterocycles. The summed E-state index contributed by atoms with van der Waals surface area (Å²) >= 11 is 5.31. The second-order valence-corrected chi connectivity index (χ2v) is 12.0. The van der Waals surface area contributed by atoms with Crippen molar-refractivity contribution >= 4 is 70.1 Å². The van der Waals surface area contributed by atoms with Crippen molar-refractivity contribution in [1.29, 1.82) is 0 Å². The Hall–Kier alpha value is -1.23. The molecular formula is C28H36OS3. The number of carbonyl (C=O) groups is 1. The Kier molecular flexibility index (Phi) is 9.19. The van der Waals surface area contributed by atoms with E-state index in [1.807, 2.05) is 0 Å². The van der Waals surface area contributed by atoms with E-state index in [-0.39, 0.29) is 0 Å². The fourth-order valence-electron chi connectivity index (χ4n) is 4.72. The van der Waals surface area contributed by atoms with Crippen LogP contribution >= 0.6 is 34.0 Å². The van der Waals surface area contributed by atoms with Gasteiger partial charge in [0.15, 0.2) is 5.78 Å². The Bertz CT molecular complexity index is 1060. The van der Waals surface area contributed by atoms with Gasteiger partial charge in [0.2, 0.25) is 0 Å². The average molecular weight is 485 g/mol. The van der Waals surface area contributed by atoms with Crippen LogP contribution in [0.25, 0.3) is 30.3 Å². The van der Waals surface area contributed by atoms with Crippen molar-refractivity contribution in [2.45, 2.75) is 96.8 Å². The van der Waals surface area contributed by atoms with Gasteiger partial charge in [-0.2, -0.15) is 0 Å². The van der Waals surface area contributed by atoms with Gasteiger partial charge in [-0.05, 0) is 35.4 Å². The molecule has 0 aliphatic heterocycles. The number of unbranched alkanes of at least 4 members (excludes halogenated alkanes) is 12. The van der Waals surface area contributed by atoms with Crippen LogP contribution in [0.2, 0.25) is 0 Å². The van der Waals surface area contributed by atoms with E-state index in [4.69, 9.17) is 0 Å². The lowest BCUT2D eigenvalue weighted by atomic mass is 10.0. The number of hydrogen-bond acceptors (Lipinski definition) is 4. The molecule has 1 nitrogen and oxygen atoms in total. The summed E-state index contributed by atoms with van der Waals surface area (Å²) in [4.78, 5) is 13.8. The minimum Gasteiger partial charge on any atom is -0.293 e. The van der Waals surface area contributed by atoms with Crippen molar-refractivity contribution in [1.82, 2.24) is 0 Å². The highest BCUT2D eigenvalue weighted by molar-refractivity contribution is 7.29. The van der Waals surface area contributed by atoms with E-state index in [9.17, 15) is 4.79 Å². The molecule has 4 heteroatoms. The molecule has 0 saturated carbocycles.